The lowest BCUT2D eigenvalue weighted by molar-refractivity contribution is 0.0722. The van der Waals surface area contributed by atoms with Crippen molar-refractivity contribution >= 4 is 44.8 Å². The van der Waals surface area contributed by atoms with Crippen molar-refractivity contribution in [2.45, 2.75) is 66.2 Å². The molecule has 0 spiro atoms. The van der Waals surface area contributed by atoms with Crippen LogP contribution >= 0.6 is 38.9 Å². The maximum absolute atomic E-state index is 14.7. The molecule has 2 aromatic carbocycles. The lowest BCUT2D eigenvalue weighted by Gasteiger charge is -2.29. The molecule has 8 heteroatoms. The fourth-order valence-electron chi connectivity index (χ4n) is 5.79. The minimum absolute atomic E-state index is 0.000856. The van der Waals surface area contributed by atoms with Gasteiger partial charge in [-0.05, 0) is 89.7 Å². The van der Waals surface area contributed by atoms with E-state index in [2.05, 4.69) is 61.8 Å². The van der Waals surface area contributed by atoms with Crippen LogP contribution in [0.15, 0.2) is 57.1 Å². The van der Waals surface area contributed by atoms with Gasteiger partial charge in [-0.3, -0.25) is 14.2 Å². The van der Waals surface area contributed by atoms with Gasteiger partial charge in [0.05, 0.1) is 26.3 Å². The molecule has 2 aromatic heterocycles. The van der Waals surface area contributed by atoms with Crippen molar-refractivity contribution < 1.29 is 4.79 Å². The number of carbonyl (C=O) groups excluding carboxylic acids is 1. The molecule has 220 valence electrons. The van der Waals surface area contributed by atoms with Crippen LogP contribution in [0.4, 0.5) is 0 Å². The second kappa shape index (κ2) is 13.3. The number of carbonyl (C=O) groups is 1. The van der Waals surface area contributed by atoms with Crippen LogP contribution in [0.25, 0.3) is 27.5 Å². The van der Waals surface area contributed by atoms with E-state index >= 15 is 0 Å². The predicted octanol–water partition coefficient (Wildman–Crippen LogP) is 8.99. The standard InChI is InChI=1S/C34H37BrClN3O2S/c1-5-22-11-10-12-23(6-2)30(22)39-28(19-21(3)4)26(33(40)38-17-8-7-9-18-38)20-27(34(39)41)32-37-29(31(35)42-32)24-13-15-25(36)16-14-24/h10-16,20-21H,5-9,17-19H2,1-4H3. The highest BCUT2D eigenvalue weighted by molar-refractivity contribution is 9.11. The number of benzene rings is 2. The van der Waals surface area contributed by atoms with Gasteiger partial charge >= 0.3 is 0 Å². The summed E-state index contributed by atoms with van der Waals surface area (Å²) in [6, 6.07) is 15.6. The van der Waals surface area contributed by atoms with Gasteiger partial charge in [-0.25, -0.2) is 4.98 Å². The molecule has 0 radical (unpaired) electrons. The average molecular weight is 667 g/mol. The Balaban J connectivity index is 1.82. The van der Waals surface area contributed by atoms with E-state index in [1.807, 2.05) is 39.8 Å². The summed E-state index contributed by atoms with van der Waals surface area (Å²) in [5, 5.41) is 1.23. The predicted molar refractivity (Wildman–Crippen MR) is 178 cm³/mol. The number of hydrogen-bond donors (Lipinski definition) is 0. The molecular weight excluding hydrogens is 630 g/mol. The van der Waals surface area contributed by atoms with E-state index < -0.39 is 0 Å². The number of aryl methyl sites for hydroxylation is 2. The number of piperidine rings is 1. The smallest absolute Gasteiger partial charge is 0.265 e. The normalized spacial score (nSPS) is 13.6. The zero-order valence-electron chi connectivity index (χ0n) is 24.7. The van der Waals surface area contributed by atoms with Crippen molar-refractivity contribution in [3.63, 3.8) is 0 Å². The largest absolute Gasteiger partial charge is 0.339 e. The van der Waals surface area contributed by atoms with Crippen LogP contribution in [-0.2, 0) is 19.3 Å². The molecule has 5 nitrogen and oxygen atoms in total. The minimum Gasteiger partial charge on any atom is -0.339 e. The van der Waals surface area contributed by atoms with E-state index in [-0.39, 0.29) is 17.4 Å². The molecule has 1 aliphatic rings. The Morgan fingerprint density at radius 3 is 2.26 bits per heavy atom. The first-order chi connectivity index (χ1) is 20.2. The molecule has 1 saturated heterocycles. The number of amides is 1. The van der Waals surface area contributed by atoms with Crippen LogP contribution in [-0.4, -0.2) is 33.4 Å². The van der Waals surface area contributed by atoms with Gasteiger partial charge in [0, 0.05) is 29.4 Å². The summed E-state index contributed by atoms with van der Waals surface area (Å²) in [7, 11) is 0. The minimum atomic E-state index is -0.139. The summed E-state index contributed by atoms with van der Waals surface area (Å²) in [4.78, 5) is 35.9. The maximum atomic E-state index is 14.7. The third-order valence-corrected chi connectivity index (χ3v) is 9.89. The number of aromatic nitrogens is 2. The zero-order valence-corrected chi connectivity index (χ0v) is 27.8. The van der Waals surface area contributed by atoms with E-state index in [4.69, 9.17) is 16.6 Å². The zero-order chi connectivity index (χ0) is 30.0. The number of thiazole rings is 1. The second-order valence-corrected chi connectivity index (χ2v) is 14.0. The Bertz CT molecular complexity index is 1630. The Morgan fingerprint density at radius 2 is 1.67 bits per heavy atom. The molecule has 1 amide bonds. The molecule has 42 heavy (non-hydrogen) atoms. The summed E-state index contributed by atoms with van der Waals surface area (Å²) >= 11 is 11.3. The van der Waals surface area contributed by atoms with E-state index in [0.717, 1.165) is 82.7 Å². The first-order valence-corrected chi connectivity index (χ1v) is 16.8. The second-order valence-electron chi connectivity index (χ2n) is 11.3. The number of halogens is 2. The molecule has 0 saturated carbocycles. The van der Waals surface area contributed by atoms with Gasteiger partial charge in [-0.15, -0.1) is 11.3 Å². The molecule has 1 fully saturated rings. The van der Waals surface area contributed by atoms with Crippen LogP contribution in [0.1, 0.15) is 74.1 Å². The van der Waals surface area contributed by atoms with E-state index in [0.29, 0.717) is 27.6 Å². The molecule has 0 N–H and O–H groups in total. The highest BCUT2D eigenvalue weighted by atomic mass is 79.9. The average Bonchev–Trinajstić information content (AvgIpc) is 3.38. The first kappa shape index (κ1) is 30.7. The summed E-state index contributed by atoms with van der Waals surface area (Å²) in [5.74, 6) is 0.250. The highest BCUT2D eigenvalue weighted by Crippen LogP contribution is 2.38. The Hall–Kier alpha value is -2.74. The molecule has 4 aromatic rings. The number of pyridine rings is 1. The first-order valence-electron chi connectivity index (χ1n) is 14.8. The van der Waals surface area contributed by atoms with Crippen molar-refractivity contribution in [1.82, 2.24) is 14.5 Å². The third kappa shape index (κ3) is 6.15. The number of para-hydroxylation sites is 1. The fourth-order valence-corrected chi connectivity index (χ4v) is 7.51. The topological polar surface area (TPSA) is 55.2 Å². The highest BCUT2D eigenvalue weighted by Gasteiger charge is 2.29. The summed E-state index contributed by atoms with van der Waals surface area (Å²) < 4.78 is 2.69. The lowest BCUT2D eigenvalue weighted by atomic mass is 9.96. The number of rotatable bonds is 8. The Kier molecular flexibility index (Phi) is 9.70. The lowest BCUT2D eigenvalue weighted by Crippen LogP contribution is -2.38. The van der Waals surface area contributed by atoms with Crippen molar-refractivity contribution in [2.75, 3.05) is 13.1 Å². The van der Waals surface area contributed by atoms with Crippen molar-refractivity contribution in [3.8, 4) is 27.5 Å². The van der Waals surface area contributed by atoms with Crippen LogP contribution in [0, 0.1) is 5.92 Å². The molecule has 0 aliphatic carbocycles. The van der Waals surface area contributed by atoms with Gasteiger partial charge < -0.3 is 4.90 Å². The van der Waals surface area contributed by atoms with Gasteiger partial charge in [0.1, 0.15) is 5.01 Å². The quantitative estimate of drug-likeness (QED) is 0.189. The number of nitrogens with zero attached hydrogens (tertiary/aromatic N) is 3. The van der Waals surface area contributed by atoms with E-state index in [1.54, 1.807) is 0 Å². The third-order valence-electron chi connectivity index (χ3n) is 7.90. The Labute approximate surface area is 265 Å². The van der Waals surface area contributed by atoms with Gasteiger partial charge in [-0.1, -0.05) is 69.6 Å². The maximum Gasteiger partial charge on any atom is 0.265 e. The van der Waals surface area contributed by atoms with E-state index in [9.17, 15) is 9.59 Å². The van der Waals surface area contributed by atoms with Crippen LogP contribution in [0.3, 0.4) is 0 Å². The van der Waals surface area contributed by atoms with Crippen LogP contribution in [0.2, 0.25) is 5.02 Å². The molecule has 3 heterocycles. The fraction of sp³-hybridized carbons (Fsp3) is 0.382. The number of likely N-dealkylation sites (tertiary alicyclic amines) is 1. The SMILES string of the molecule is CCc1cccc(CC)c1-n1c(CC(C)C)c(C(=O)N2CCCCC2)cc(-c2nc(-c3ccc(Cl)cc3)c(Br)s2)c1=O. The Morgan fingerprint density at radius 1 is 1.02 bits per heavy atom. The van der Waals surface area contributed by atoms with E-state index in [1.165, 1.54) is 11.3 Å². The molecular formula is C34H37BrClN3O2S. The summed E-state index contributed by atoms with van der Waals surface area (Å²) in [6.07, 6.45) is 5.31. The van der Waals surface area contributed by atoms with Gasteiger partial charge in [0.25, 0.3) is 11.5 Å². The van der Waals surface area contributed by atoms with Gasteiger partial charge in [-0.2, -0.15) is 0 Å². The molecule has 0 atom stereocenters. The summed E-state index contributed by atoms with van der Waals surface area (Å²) in [6.45, 7) is 9.99. The molecule has 0 unspecified atom stereocenters. The van der Waals surface area contributed by atoms with Gasteiger partial charge in [0.15, 0.2) is 0 Å². The monoisotopic (exact) mass is 665 g/mol. The number of hydrogen-bond acceptors (Lipinski definition) is 4. The van der Waals surface area contributed by atoms with Crippen molar-refractivity contribution in [3.05, 3.63) is 90.1 Å². The van der Waals surface area contributed by atoms with Crippen molar-refractivity contribution in [2.24, 2.45) is 5.92 Å². The van der Waals surface area contributed by atoms with Crippen LogP contribution in [0.5, 0.6) is 0 Å². The van der Waals surface area contributed by atoms with Crippen LogP contribution < -0.4 is 5.56 Å². The molecule has 1 aliphatic heterocycles. The molecule has 0 bridgehead atoms. The molecule has 5 rings (SSSR count). The van der Waals surface area contributed by atoms with Gasteiger partial charge in [0.2, 0.25) is 0 Å². The summed E-state index contributed by atoms with van der Waals surface area (Å²) in [5.41, 5.74) is 6.45. The van der Waals surface area contributed by atoms with Crippen molar-refractivity contribution in [1.29, 1.82) is 0 Å².